The van der Waals surface area contributed by atoms with Gasteiger partial charge in [-0.3, -0.25) is 14.9 Å². The van der Waals surface area contributed by atoms with E-state index in [1.807, 2.05) is 39.0 Å². The number of aryl methyl sites for hydroxylation is 2. The molecule has 0 radical (unpaired) electrons. The quantitative estimate of drug-likeness (QED) is 0.794. The normalized spacial score (nSPS) is 20.2. The second-order valence-electron chi connectivity index (χ2n) is 6.74. The summed E-state index contributed by atoms with van der Waals surface area (Å²) in [5.74, 6) is -0.0266. The van der Waals surface area contributed by atoms with E-state index in [1.54, 1.807) is 4.90 Å². The zero-order valence-corrected chi connectivity index (χ0v) is 14.6. The predicted octanol–water partition coefficient (Wildman–Crippen LogP) is 1.74. The smallest absolute Gasteiger partial charge is 0.317 e. The van der Waals surface area contributed by atoms with Crippen LogP contribution >= 0.6 is 0 Å². The second-order valence-corrected chi connectivity index (χ2v) is 6.74. The van der Waals surface area contributed by atoms with Crippen LogP contribution in [0.2, 0.25) is 0 Å². The molecule has 6 heteroatoms. The number of likely N-dealkylation sites (tertiary alicyclic amines) is 1. The minimum absolute atomic E-state index is 0.0427. The Labute approximate surface area is 142 Å². The summed E-state index contributed by atoms with van der Waals surface area (Å²) in [6.45, 7) is 7.38. The highest BCUT2D eigenvalue weighted by Crippen LogP contribution is 2.22. The Kier molecular flexibility index (Phi) is 5.83. The number of hydrogen-bond acceptors (Lipinski definition) is 4. The number of carbonyl (C=O) groups is 2. The summed E-state index contributed by atoms with van der Waals surface area (Å²) in [5.41, 5.74) is 1.85. The first kappa shape index (κ1) is 18.3. The summed E-state index contributed by atoms with van der Waals surface area (Å²) in [5, 5.41) is 11.8. The lowest BCUT2D eigenvalue weighted by Crippen LogP contribution is -2.47. The van der Waals surface area contributed by atoms with Crippen LogP contribution in [0.25, 0.3) is 0 Å². The highest BCUT2D eigenvalue weighted by atomic mass is 16.5. The molecule has 1 atom stereocenters. The number of carboxylic acids is 1. The number of rotatable bonds is 7. The van der Waals surface area contributed by atoms with E-state index in [4.69, 9.17) is 9.84 Å². The predicted molar refractivity (Wildman–Crippen MR) is 91.3 cm³/mol. The van der Waals surface area contributed by atoms with Crippen LogP contribution in [0.15, 0.2) is 18.2 Å². The van der Waals surface area contributed by atoms with Gasteiger partial charge in [-0.05, 0) is 44.4 Å². The third kappa shape index (κ3) is 4.96. The van der Waals surface area contributed by atoms with Crippen molar-refractivity contribution in [2.45, 2.75) is 39.2 Å². The second kappa shape index (κ2) is 7.66. The van der Waals surface area contributed by atoms with Gasteiger partial charge in [0, 0.05) is 18.6 Å². The van der Waals surface area contributed by atoms with Crippen LogP contribution in [-0.2, 0) is 9.59 Å². The molecule has 1 saturated heterocycles. The lowest BCUT2D eigenvalue weighted by atomic mass is 10.0. The number of nitrogens with one attached hydrogen (secondary N) is 1. The first-order valence-corrected chi connectivity index (χ1v) is 8.24. The molecule has 1 heterocycles. The largest absolute Gasteiger partial charge is 0.493 e. The number of nitrogens with zero attached hydrogens (tertiary/aromatic N) is 1. The molecule has 1 amide bonds. The summed E-state index contributed by atoms with van der Waals surface area (Å²) < 4.78 is 5.74. The van der Waals surface area contributed by atoms with Crippen LogP contribution in [0.3, 0.4) is 0 Å². The molecule has 1 aromatic rings. The van der Waals surface area contributed by atoms with Crippen LogP contribution < -0.4 is 10.1 Å². The molecule has 1 aromatic carbocycles. The number of aliphatic carboxylic acids is 1. The van der Waals surface area contributed by atoms with Gasteiger partial charge in [-0.25, -0.2) is 0 Å². The van der Waals surface area contributed by atoms with Crippen molar-refractivity contribution in [3.63, 3.8) is 0 Å². The molecular weight excluding hydrogens is 308 g/mol. The number of carboxylic acid groups (broad SMARTS) is 1. The zero-order valence-electron chi connectivity index (χ0n) is 14.6. The number of hydrogen-bond donors (Lipinski definition) is 2. The minimum atomic E-state index is -0.886. The summed E-state index contributed by atoms with van der Waals surface area (Å²) in [7, 11) is 0. The third-order valence-corrected chi connectivity index (χ3v) is 4.41. The third-order valence-electron chi connectivity index (χ3n) is 4.41. The van der Waals surface area contributed by atoms with Gasteiger partial charge < -0.3 is 14.7 Å². The van der Waals surface area contributed by atoms with E-state index >= 15 is 0 Å². The van der Waals surface area contributed by atoms with Gasteiger partial charge in [0.15, 0.2) is 0 Å². The topological polar surface area (TPSA) is 78.9 Å². The molecule has 24 heavy (non-hydrogen) atoms. The summed E-state index contributed by atoms with van der Waals surface area (Å²) >= 11 is 0. The molecule has 0 unspecified atom stereocenters. The van der Waals surface area contributed by atoms with Crippen molar-refractivity contribution in [3.05, 3.63) is 29.3 Å². The average Bonchev–Trinajstić information content (AvgIpc) is 2.92. The van der Waals surface area contributed by atoms with Crippen molar-refractivity contribution in [3.8, 4) is 5.75 Å². The zero-order chi connectivity index (χ0) is 17.7. The first-order chi connectivity index (χ1) is 11.3. The Morgan fingerprint density at radius 1 is 1.38 bits per heavy atom. The lowest BCUT2D eigenvalue weighted by molar-refractivity contribution is -0.136. The van der Waals surface area contributed by atoms with Crippen molar-refractivity contribution in [2.24, 2.45) is 0 Å². The Morgan fingerprint density at radius 3 is 2.83 bits per heavy atom. The molecule has 0 bridgehead atoms. The molecule has 1 aliphatic heterocycles. The van der Waals surface area contributed by atoms with Gasteiger partial charge in [0.2, 0.25) is 5.91 Å². The molecule has 0 spiro atoms. The number of amides is 1. The molecule has 0 aliphatic carbocycles. The van der Waals surface area contributed by atoms with E-state index in [-0.39, 0.29) is 18.0 Å². The van der Waals surface area contributed by atoms with E-state index in [0.29, 0.717) is 26.1 Å². The lowest BCUT2D eigenvalue weighted by Gasteiger charge is -2.25. The Balaban J connectivity index is 1.79. The van der Waals surface area contributed by atoms with Crippen LogP contribution in [0, 0.1) is 13.8 Å². The van der Waals surface area contributed by atoms with Gasteiger partial charge in [-0.2, -0.15) is 0 Å². The van der Waals surface area contributed by atoms with E-state index in [2.05, 4.69) is 5.32 Å². The number of benzene rings is 1. The fourth-order valence-electron chi connectivity index (χ4n) is 2.88. The van der Waals surface area contributed by atoms with Crippen LogP contribution in [-0.4, -0.2) is 53.7 Å². The molecule has 6 nitrogen and oxygen atoms in total. The average molecular weight is 334 g/mol. The molecule has 0 saturated carbocycles. The number of ether oxygens (including phenoxy) is 1. The molecule has 1 aliphatic rings. The van der Waals surface area contributed by atoms with Gasteiger partial charge >= 0.3 is 5.97 Å². The highest BCUT2D eigenvalue weighted by Gasteiger charge is 2.35. The Hall–Kier alpha value is -2.08. The SMILES string of the molecule is Cc1ccc(C)c(OCCC(=O)N2CC[C@](C)(NCC(=O)O)C2)c1. The molecule has 2 N–H and O–H groups in total. The van der Waals surface area contributed by atoms with Crippen LogP contribution in [0.1, 0.15) is 30.9 Å². The summed E-state index contributed by atoms with van der Waals surface area (Å²) in [6.07, 6.45) is 1.08. The van der Waals surface area contributed by atoms with Gasteiger partial charge in [0.05, 0.1) is 19.6 Å². The molecule has 1 fully saturated rings. The van der Waals surface area contributed by atoms with E-state index in [0.717, 1.165) is 23.3 Å². The fraction of sp³-hybridized carbons (Fsp3) is 0.556. The highest BCUT2D eigenvalue weighted by molar-refractivity contribution is 5.77. The van der Waals surface area contributed by atoms with E-state index in [1.165, 1.54) is 0 Å². The molecule has 2 rings (SSSR count). The minimum Gasteiger partial charge on any atom is -0.493 e. The van der Waals surface area contributed by atoms with Gasteiger partial charge in [-0.15, -0.1) is 0 Å². The molecule has 132 valence electrons. The maximum atomic E-state index is 12.3. The van der Waals surface area contributed by atoms with E-state index < -0.39 is 5.97 Å². The van der Waals surface area contributed by atoms with Crippen molar-refractivity contribution >= 4 is 11.9 Å². The Morgan fingerprint density at radius 2 is 2.12 bits per heavy atom. The van der Waals surface area contributed by atoms with Crippen molar-refractivity contribution in [2.75, 3.05) is 26.2 Å². The maximum Gasteiger partial charge on any atom is 0.317 e. The van der Waals surface area contributed by atoms with Gasteiger partial charge in [0.25, 0.3) is 0 Å². The van der Waals surface area contributed by atoms with Crippen LogP contribution in [0.5, 0.6) is 5.75 Å². The Bertz CT molecular complexity index is 617. The monoisotopic (exact) mass is 334 g/mol. The van der Waals surface area contributed by atoms with Crippen LogP contribution in [0.4, 0.5) is 0 Å². The first-order valence-electron chi connectivity index (χ1n) is 8.24. The van der Waals surface area contributed by atoms with E-state index in [9.17, 15) is 9.59 Å². The summed E-state index contributed by atoms with van der Waals surface area (Å²) in [6, 6.07) is 6.01. The van der Waals surface area contributed by atoms with Gasteiger partial charge in [0.1, 0.15) is 5.75 Å². The molecule has 0 aromatic heterocycles. The van der Waals surface area contributed by atoms with Crippen molar-refractivity contribution in [1.29, 1.82) is 0 Å². The number of carbonyl (C=O) groups excluding carboxylic acids is 1. The van der Waals surface area contributed by atoms with Crippen molar-refractivity contribution < 1.29 is 19.4 Å². The fourth-order valence-corrected chi connectivity index (χ4v) is 2.88. The molecular formula is C18H26N2O4. The standard InChI is InChI=1S/C18H26N2O4/c1-13-4-5-14(2)15(10-13)24-9-6-16(21)20-8-7-18(3,12-20)19-11-17(22)23/h4-5,10,19H,6-9,11-12H2,1-3H3,(H,22,23)/t18-/m0/s1. The van der Waals surface area contributed by atoms with Crippen molar-refractivity contribution in [1.82, 2.24) is 10.2 Å². The maximum absolute atomic E-state index is 12.3. The summed E-state index contributed by atoms with van der Waals surface area (Å²) in [4.78, 5) is 24.8. The van der Waals surface area contributed by atoms with Gasteiger partial charge in [-0.1, -0.05) is 12.1 Å².